The van der Waals surface area contributed by atoms with E-state index in [0.29, 0.717) is 23.4 Å². The minimum Gasteiger partial charge on any atom is -0.510 e. The molecule has 0 aliphatic heterocycles. The van der Waals surface area contributed by atoms with Gasteiger partial charge >= 0.3 is 0 Å². The molecule has 1 aromatic rings. The number of Topliss-reactive ketones (excluding diaryl/α,β-unsaturated/α-hetero) is 2. The molecule has 0 saturated carbocycles. The van der Waals surface area contributed by atoms with Gasteiger partial charge in [-0.1, -0.05) is 6.92 Å². The van der Waals surface area contributed by atoms with Crippen LogP contribution in [0.15, 0.2) is 28.7 Å². The largest absolute Gasteiger partial charge is 0.510 e. The number of carbonyl (C=O) groups excluding carboxylic acids is 3. The highest BCUT2D eigenvalue weighted by Gasteiger charge is 2.63. The zero-order chi connectivity index (χ0) is 30.7. The minimum atomic E-state index is -2.72. The number of ketones is 2. The third-order valence-electron chi connectivity index (χ3n) is 8.46. The summed E-state index contributed by atoms with van der Waals surface area (Å²) in [6.07, 6.45) is -2.51. The molecule has 13 heteroatoms. The molecule has 1 aromatic carbocycles. The maximum Gasteiger partial charge on any atom is 0.255 e. The number of nitrogens with two attached hydrogens (primary N) is 1. The molecule has 6 N–H and O–H groups in total. The molecule has 0 bridgehead atoms. The topological polar surface area (TPSA) is 168 Å². The van der Waals surface area contributed by atoms with E-state index in [9.17, 15) is 43.6 Å². The summed E-state index contributed by atoms with van der Waals surface area (Å²) in [5.74, 6) is -7.30. The number of primary amides is 1. The Labute approximate surface area is 236 Å². The van der Waals surface area contributed by atoms with Crippen molar-refractivity contribution in [2.45, 2.75) is 44.4 Å². The first-order chi connectivity index (χ1) is 19.1. The highest BCUT2D eigenvalue weighted by molar-refractivity contribution is 6.24. The van der Waals surface area contributed by atoms with Crippen LogP contribution in [0.1, 0.15) is 34.8 Å². The Kier molecular flexibility index (Phi) is 7.93. The molecule has 4 rings (SSSR count). The number of hydrogen-bond donors (Lipinski definition) is 5. The number of likely N-dealkylation sites (N-methyl/N-ethyl adjacent to an activating group) is 1. The van der Waals surface area contributed by atoms with Gasteiger partial charge in [-0.25, -0.2) is 8.78 Å². The average molecular weight is 579 g/mol. The van der Waals surface area contributed by atoms with Crippen molar-refractivity contribution in [1.29, 1.82) is 0 Å². The van der Waals surface area contributed by atoms with Crippen molar-refractivity contribution in [1.82, 2.24) is 9.80 Å². The summed E-state index contributed by atoms with van der Waals surface area (Å²) in [6.45, 7) is 1.66. The normalized spacial score (nSPS) is 26.1. The van der Waals surface area contributed by atoms with Gasteiger partial charge in [0.2, 0.25) is 5.78 Å². The van der Waals surface area contributed by atoms with Crippen molar-refractivity contribution < 1.29 is 43.6 Å². The molecule has 11 nitrogen and oxygen atoms in total. The van der Waals surface area contributed by atoms with Gasteiger partial charge in [-0.15, -0.1) is 0 Å². The summed E-state index contributed by atoms with van der Waals surface area (Å²) in [4.78, 5) is 44.2. The number of benzene rings is 1. The standard InChI is InChI=1S/C28H36F2N4O7/c1-6-34(11-17(29)30)10-13-9-16(35)19-14(21(13)32(2)3)7-12-8-15-22(33(4)5)24(37)20(27(31)40)26(39)28(15,41)25(38)18(12)23(19)36/h9,12,15,17,22,35,37-38,41H,6-8,10-11H2,1-5H3,(H2,31,40)/t12-,15-,22-,28-/m0/s1. The average Bonchev–Trinajstić information content (AvgIpc) is 2.84. The first kappa shape index (κ1) is 30.4. The third-order valence-corrected chi connectivity index (χ3v) is 8.46. The summed E-state index contributed by atoms with van der Waals surface area (Å²) >= 11 is 0. The molecule has 3 aliphatic rings. The number of allylic oxidation sites excluding steroid dienone is 1. The van der Waals surface area contributed by atoms with Crippen molar-refractivity contribution in [3.8, 4) is 5.75 Å². The zero-order valence-corrected chi connectivity index (χ0v) is 23.6. The van der Waals surface area contributed by atoms with Crippen LogP contribution in [0.25, 0.3) is 0 Å². The van der Waals surface area contributed by atoms with Crippen molar-refractivity contribution in [2.75, 3.05) is 46.2 Å². The number of aromatic hydroxyl groups is 1. The van der Waals surface area contributed by atoms with Crippen LogP contribution in [0, 0.1) is 11.8 Å². The predicted molar refractivity (Wildman–Crippen MR) is 145 cm³/mol. The minimum absolute atomic E-state index is 0.0455. The van der Waals surface area contributed by atoms with Crippen molar-refractivity contribution >= 4 is 23.2 Å². The predicted octanol–water partition coefficient (Wildman–Crippen LogP) is 1.27. The molecular weight excluding hydrogens is 542 g/mol. The maximum absolute atomic E-state index is 13.9. The van der Waals surface area contributed by atoms with Gasteiger partial charge < -0.3 is 31.1 Å². The van der Waals surface area contributed by atoms with Gasteiger partial charge in [-0.2, -0.15) is 0 Å². The molecule has 3 aliphatic carbocycles. The second-order valence-electron chi connectivity index (χ2n) is 11.3. The van der Waals surface area contributed by atoms with E-state index in [4.69, 9.17) is 5.73 Å². The quantitative estimate of drug-likeness (QED) is 0.283. The number of aliphatic hydroxyl groups excluding tert-OH is 2. The zero-order valence-electron chi connectivity index (χ0n) is 23.6. The summed E-state index contributed by atoms with van der Waals surface area (Å²) in [5.41, 5.74) is 2.90. The van der Waals surface area contributed by atoms with Crippen LogP contribution in [-0.4, -0.2) is 107 Å². The van der Waals surface area contributed by atoms with E-state index < -0.39 is 76.8 Å². The third kappa shape index (κ3) is 4.65. The smallest absolute Gasteiger partial charge is 0.255 e. The van der Waals surface area contributed by atoms with E-state index in [1.807, 2.05) is 0 Å². The fourth-order valence-corrected chi connectivity index (χ4v) is 6.79. The van der Waals surface area contributed by atoms with Crippen molar-refractivity contribution in [3.05, 3.63) is 45.4 Å². The van der Waals surface area contributed by atoms with E-state index in [1.165, 1.54) is 15.9 Å². The SMILES string of the molecule is CCN(Cc1cc(O)c2c(c1N(C)C)C[C@H]1C[C@H]3[C@H](N(C)C)C(O)=C(C(N)=O)C(=O)[C@@]3(O)C(O)=C1C2=O)CC(F)F. The van der Waals surface area contributed by atoms with Gasteiger partial charge in [0, 0.05) is 37.8 Å². The second kappa shape index (κ2) is 10.7. The van der Waals surface area contributed by atoms with Crippen LogP contribution in [0.5, 0.6) is 5.75 Å². The number of amides is 1. The van der Waals surface area contributed by atoms with Gasteiger partial charge in [-0.05, 0) is 56.6 Å². The van der Waals surface area contributed by atoms with E-state index >= 15 is 0 Å². The van der Waals surface area contributed by atoms with E-state index in [1.54, 1.807) is 40.0 Å². The summed E-state index contributed by atoms with van der Waals surface area (Å²) in [5, 5.41) is 45.0. The van der Waals surface area contributed by atoms with E-state index in [0.717, 1.165) is 0 Å². The fourth-order valence-electron chi connectivity index (χ4n) is 6.79. The first-order valence-corrected chi connectivity index (χ1v) is 13.3. The first-order valence-electron chi connectivity index (χ1n) is 13.3. The monoisotopic (exact) mass is 578 g/mol. The molecule has 0 heterocycles. The van der Waals surface area contributed by atoms with Crippen LogP contribution in [0.4, 0.5) is 14.5 Å². The second-order valence-corrected chi connectivity index (χ2v) is 11.3. The van der Waals surface area contributed by atoms with Crippen LogP contribution < -0.4 is 10.6 Å². The Morgan fingerprint density at radius 2 is 1.80 bits per heavy atom. The summed E-state index contributed by atoms with van der Waals surface area (Å²) < 4.78 is 26.3. The number of anilines is 1. The lowest BCUT2D eigenvalue weighted by atomic mass is 9.58. The number of fused-ring (bicyclic) bond motifs is 3. The molecule has 0 spiro atoms. The summed E-state index contributed by atoms with van der Waals surface area (Å²) in [6, 6.07) is 0.235. The number of aliphatic hydroxyl groups is 3. The number of alkyl halides is 2. The van der Waals surface area contributed by atoms with Crippen molar-refractivity contribution in [2.24, 2.45) is 17.6 Å². The highest BCUT2D eigenvalue weighted by atomic mass is 19.3. The lowest BCUT2D eigenvalue weighted by Gasteiger charge is -2.50. The lowest BCUT2D eigenvalue weighted by molar-refractivity contribution is -0.148. The molecule has 0 fully saturated rings. The molecule has 0 unspecified atom stereocenters. The summed E-state index contributed by atoms with van der Waals surface area (Å²) in [7, 11) is 6.56. The number of rotatable bonds is 8. The fraction of sp³-hybridized carbons (Fsp3) is 0.536. The Morgan fingerprint density at radius 3 is 2.32 bits per heavy atom. The molecule has 0 saturated heterocycles. The number of hydrogen-bond acceptors (Lipinski definition) is 10. The Bertz CT molecular complexity index is 1370. The van der Waals surface area contributed by atoms with Gasteiger partial charge in [0.25, 0.3) is 12.3 Å². The molecular formula is C28H36F2N4O7. The van der Waals surface area contributed by atoms with E-state index in [2.05, 4.69) is 0 Å². The van der Waals surface area contributed by atoms with Gasteiger partial charge in [0.05, 0.1) is 18.2 Å². The molecule has 4 atom stereocenters. The Morgan fingerprint density at radius 1 is 1.17 bits per heavy atom. The Balaban J connectivity index is 1.91. The van der Waals surface area contributed by atoms with Crippen LogP contribution in [-0.2, 0) is 22.6 Å². The van der Waals surface area contributed by atoms with Crippen molar-refractivity contribution in [3.63, 3.8) is 0 Å². The molecule has 224 valence electrons. The number of nitrogens with zero attached hydrogens (tertiary/aromatic N) is 3. The number of carbonyl (C=O) groups is 3. The number of phenolic OH excluding ortho intramolecular Hbond substituents is 1. The van der Waals surface area contributed by atoms with Crippen LogP contribution >= 0.6 is 0 Å². The molecule has 0 radical (unpaired) electrons. The van der Waals surface area contributed by atoms with Gasteiger partial charge in [0.1, 0.15) is 22.8 Å². The van der Waals surface area contributed by atoms with E-state index in [-0.39, 0.29) is 30.5 Å². The Hall–Kier alpha value is -3.55. The van der Waals surface area contributed by atoms with Crippen LogP contribution in [0.3, 0.4) is 0 Å². The lowest BCUT2D eigenvalue weighted by Crippen LogP contribution is -2.63. The highest BCUT2D eigenvalue weighted by Crippen LogP contribution is 2.53. The molecule has 0 aromatic heterocycles. The molecule has 41 heavy (non-hydrogen) atoms. The van der Waals surface area contributed by atoms with Gasteiger partial charge in [-0.3, -0.25) is 24.2 Å². The number of halogens is 2. The number of phenols is 1. The maximum atomic E-state index is 13.9. The van der Waals surface area contributed by atoms with Crippen LogP contribution in [0.2, 0.25) is 0 Å². The molecule has 1 amide bonds. The van der Waals surface area contributed by atoms with Gasteiger partial charge in [0.15, 0.2) is 11.4 Å².